The first-order valence-corrected chi connectivity index (χ1v) is 10.2. The Morgan fingerprint density at radius 3 is 2.59 bits per heavy atom. The van der Waals surface area contributed by atoms with Crippen molar-refractivity contribution in [2.75, 3.05) is 17.8 Å². The van der Waals surface area contributed by atoms with Crippen LogP contribution in [-0.4, -0.2) is 33.5 Å². The molecule has 1 aliphatic heterocycles. The number of anilines is 1. The normalized spacial score (nSPS) is 17.3. The predicted octanol–water partition coefficient (Wildman–Crippen LogP) is 2.42. The van der Waals surface area contributed by atoms with Crippen molar-refractivity contribution in [1.29, 1.82) is 0 Å². The molecule has 8 heteroatoms. The van der Waals surface area contributed by atoms with Gasteiger partial charge in [-0.15, -0.1) is 0 Å². The Labute approximate surface area is 158 Å². The molecule has 2 aromatic carbocycles. The van der Waals surface area contributed by atoms with E-state index in [4.69, 9.17) is 0 Å². The molecule has 1 aliphatic rings. The van der Waals surface area contributed by atoms with Gasteiger partial charge < -0.3 is 10.6 Å². The number of sulfonamides is 1. The van der Waals surface area contributed by atoms with Crippen LogP contribution in [0, 0.1) is 12.7 Å². The van der Waals surface area contributed by atoms with E-state index in [1.54, 1.807) is 13.0 Å². The molecule has 0 bridgehead atoms. The van der Waals surface area contributed by atoms with Crippen LogP contribution in [-0.2, 0) is 10.0 Å². The minimum atomic E-state index is -3.90. The highest BCUT2D eigenvalue weighted by Gasteiger charge is 2.21. The molecule has 1 atom stereocenters. The van der Waals surface area contributed by atoms with E-state index in [1.807, 2.05) is 0 Å². The lowest BCUT2D eigenvalue weighted by atomic mass is 10.1. The highest BCUT2D eigenvalue weighted by Crippen LogP contribution is 2.20. The van der Waals surface area contributed by atoms with Gasteiger partial charge in [-0.3, -0.25) is 9.52 Å². The summed E-state index contributed by atoms with van der Waals surface area (Å²) in [5, 5.41) is 6.18. The first-order valence-electron chi connectivity index (χ1n) is 8.76. The maximum absolute atomic E-state index is 13.0. The second-order valence-electron chi connectivity index (χ2n) is 6.61. The fourth-order valence-corrected chi connectivity index (χ4v) is 4.07. The molecule has 0 radical (unpaired) electrons. The van der Waals surface area contributed by atoms with Gasteiger partial charge in [0.05, 0.1) is 4.90 Å². The van der Waals surface area contributed by atoms with Crippen LogP contribution in [0.3, 0.4) is 0 Å². The van der Waals surface area contributed by atoms with Crippen molar-refractivity contribution in [3.63, 3.8) is 0 Å². The van der Waals surface area contributed by atoms with Crippen molar-refractivity contribution in [1.82, 2.24) is 10.6 Å². The lowest BCUT2D eigenvalue weighted by molar-refractivity contribution is 0.0930. The van der Waals surface area contributed by atoms with Gasteiger partial charge in [-0.2, -0.15) is 0 Å². The number of rotatable bonds is 5. The van der Waals surface area contributed by atoms with E-state index in [9.17, 15) is 17.6 Å². The maximum atomic E-state index is 13.0. The molecule has 27 heavy (non-hydrogen) atoms. The number of nitrogens with one attached hydrogen (secondary N) is 3. The molecule has 1 unspecified atom stereocenters. The number of carbonyl (C=O) groups excluding carboxylic acids is 1. The fourth-order valence-electron chi connectivity index (χ4n) is 2.98. The number of hydrogen-bond acceptors (Lipinski definition) is 4. The summed E-state index contributed by atoms with van der Waals surface area (Å²) in [6.07, 6.45) is 1.88. The number of amides is 1. The van der Waals surface area contributed by atoms with Gasteiger partial charge in [-0.1, -0.05) is 6.07 Å². The van der Waals surface area contributed by atoms with Crippen LogP contribution < -0.4 is 15.4 Å². The molecule has 2 aromatic rings. The van der Waals surface area contributed by atoms with Gasteiger partial charge in [0.2, 0.25) is 0 Å². The predicted molar refractivity (Wildman–Crippen MR) is 102 cm³/mol. The maximum Gasteiger partial charge on any atom is 0.261 e. The number of halogens is 1. The summed E-state index contributed by atoms with van der Waals surface area (Å²) in [6, 6.07) is 9.47. The van der Waals surface area contributed by atoms with E-state index < -0.39 is 15.8 Å². The Hall–Kier alpha value is -2.45. The number of carbonyl (C=O) groups is 1. The molecule has 0 aromatic heterocycles. The third kappa shape index (κ3) is 4.84. The lowest BCUT2D eigenvalue weighted by Crippen LogP contribution is -2.45. The molecule has 144 valence electrons. The molecule has 6 nitrogen and oxygen atoms in total. The van der Waals surface area contributed by atoms with E-state index in [0.717, 1.165) is 19.4 Å². The molecular formula is C19H22FN3O3S. The summed E-state index contributed by atoms with van der Waals surface area (Å²) in [6.45, 7) is 3.40. The molecule has 1 saturated heterocycles. The molecule has 1 amide bonds. The van der Waals surface area contributed by atoms with Crippen LogP contribution in [0.25, 0.3) is 0 Å². The van der Waals surface area contributed by atoms with Gasteiger partial charge in [0.15, 0.2) is 0 Å². The Morgan fingerprint density at radius 1 is 1.19 bits per heavy atom. The van der Waals surface area contributed by atoms with Gasteiger partial charge in [0, 0.05) is 23.8 Å². The Bertz CT molecular complexity index is 924. The first kappa shape index (κ1) is 19.3. The van der Waals surface area contributed by atoms with Crippen molar-refractivity contribution < 1.29 is 17.6 Å². The van der Waals surface area contributed by atoms with E-state index in [2.05, 4.69) is 15.4 Å². The van der Waals surface area contributed by atoms with Crippen molar-refractivity contribution in [3.8, 4) is 0 Å². The summed E-state index contributed by atoms with van der Waals surface area (Å²) in [4.78, 5) is 12.6. The Balaban J connectivity index is 1.80. The van der Waals surface area contributed by atoms with Crippen LogP contribution in [0.2, 0.25) is 0 Å². The van der Waals surface area contributed by atoms with E-state index in [0.29, 0.717) is 17.7 Å². The first-order chi connectivity index (χ1) is 12.8. The lowest BCUT2D eigenvalue weighted by Gasteiger charge is -2.24. The zero-order valence-corrected chi connectivity index (χ0v) is 15.8. The van der Waals surface area contributed by atoms with E-state index >= 15 is 0 Å². The van der Waals surface area contributed by atoms with Crippen LogP contribution in [0.1, 0.15) is 28.8 Å². The van der Waals surface area contributed by atoms with Gasteiger partial charge in [-0.05, 0) is 68.3 Å². The fraction of sp³-hybridized carbons (Fsp3) is 0.316. The van der Waals surface area contributed by atoms with Gasteiger partial charge in [0.1, 0.15) is 5.82 Å². The molecule has 0 spiro atoms. The minimum Gasteiger partial charge on any atom is -0.348 e. The van der Waals surface area contributed by atoms with Crippen LogP contribution >= 0.6 is 0 Å². The average molecular weight is 391 g/mol. The molecule has 1 heterocycles. The van der Waals surface area contributed by atoms with Crippen molar-refractivity contribution in [2.24, 2.45) is 0 Å². The monoisotopic (exact) mass is 391 g/mol. The Morgan fingerprint density at radius 2 is 1.93 bits per heavy atom. The summed E-state index contributed by atoms with van der Waals surface area (Å²) in [5.74, 6) is -0.746. The second-order valence-corrected chi connectivity index (χ2v) is 8.29. The smallest absolute Gasteiger partial charge is 0.261 e. The third-order valence-electron chi connectivity index (χ3n) is 4.49. The van der Waals surface area contributed by atoms with E-state index in [-0.39, 0.29) is 22.5 Å². The number of benzene rings is 2. The SMILES string of the molecule is Cc1ccc(S(=O)(=O)Nc2ccc(F)cc2)cc1C(=O)NC1CCCNC1. The summed E-state index contributed by atoms with van der Waals surface area (Å²) in [5.41, 5.74) is 1.26. The molecule has 0 aliphatic carbocycles. The highest BCUT2D eigenvalue weighted by atomic mass is 32.2. The topological polar surface area (TPSA) is 87.3 Å². The van der Waals surface area contributed by atoms with Gasteiger partial charge >= 0.3 is 0 Å². The van der Waals surface area contributed by atoms with Gasteiger partial charge in [-0.25, -0.2) is 12.8 Å². The van der Waals surface area contributed by atoms with Gasteiger partial charge in [0.25, 0.3) is 15.9 Å². The molecule has 3 rings (SSSR count). The minimum absolute atomic E-state index is 0.0238. The van der Waals surface area contributed by atoms with Crippen LogP contribution in [0.15, 0.2) is 47.4 Å². The number of hydrogen-bond donors (Lipinski definition) is 3. The quantitative estimate of drug-likeness (QED) is 0.731. The highest BCUT2D eigenvalue weighted by molar-refractivity contribution is 7.92. The standard InChI is InChI=1S/C19H22FN3O3S/c1-13-4-9-17(27(25,26)23-15-7-5-14(20)6-8-15)11-18(13)19(24)22-16-3-2-10-21-12-16/h4-9,11,16,21,23H,2-3,10,12H2,1H3,(H,22,24). The second kappa shape index (κ2) is 8.06. The molecule has 3 N–H and O–H groups in total. The van der Waals surface area contributed by atoms with Crippen molar-refractivity contribution >= 4 is 21.6 Å². The molecule has 1 fully saturated rings. The Kier molecular flexibility index (Phi) is 5.76. The zero-order valence-electron chi connectivity index (χ0n) is 15.0. The summed E-state index contributed by atoms with van der Waals surface area (Å²) >= 11 is 0. The average Bonchev–Trinajstić information content (AvgIpc) is 2.64. The number of piperidine rings is 1. The van der Waals surface area contributed by atoms with Crippen molar-refractivity contribution in [2.45, 2.75) is 30.7 Å². The molecule has 0 saturated carbocycles. The molecular weight excluding hydrogens is 369 g/mol. The van der Waals surface area contributed by atoms with E-state index in [1.165, 1.54) is 36.4 Å². The van der Waals surface area contributed by atoms with Crippen LogP contribution in [0.4, 0.5) is 10.1 Å². The summed E-state index contributed by atoms with van der Waals surface area (Å²) < 4.78 is 40.6. The van der Waals surface area contributed by atoms with Crippen LogP contribution in [0.5, 0.6) is 0 Å². The summed E-state index contributed by atoms with van der Waals surface area (Å²) in [7, 11) is -3.90. The third-order valence-corrected chi connectivity index (χ3v) is 5.87. The largest absolute Gasteiger partial charge is 0.348 e. The van der Waals surface area contributed by atoms with Crippen molar-refractivity contribution in [3.05, 3.63) is 59.4 Å². The zero-order chi connectivity index (χ0) is 19.4. The number of aryl methyl sites for hydroxylation is 1.